The number of hydrogen-bond donors (Lipinski definition) is 0. The van der Waals surface area contributed by atoms with Crippen molar-refractivity contribution < 1.29 is 17.9 Å². The van der Waals surface area contributed by atoms with E-state index in [0.29, 0.717) is 5.57 Å². The van der Waals surface area contributed by atoms with Crippen LogP contribution in [0.2, 0.25) is 0 Å². The van der Waals surface area contributed by atoms with Crippen molar-refractivity contribution >= 4 is 11.6 Å². The van der Waals surface area contributed by atoms with Gasteiger partial charge in [0.25, 0.3) is 0 Å². The molecule has 0 aliphatic heterocycles. The van der Waals surface area contributed by atoms with Crippen LogP contribution in [-0.4, -0.2) is 12.5 Å². The molecule has 0 amide bonds. The molecule has 0 bridgehead atoms. The molecule has 0 fully saturated rings. The zero-order valence-electron chi connectivity index (χ0n) is 9.22. The molecule has 0 aromatic heterocycles. The number of hydrogen-bond acceptors (Lipinski definition) is 2. The Balaban J connectivity index is 3.04. The number of alkyl halides is 4. The Morgan fingerprint density at radius 1 is 1.44 bits per heavy atom. The van der Waals surface area contributed by atoms with Gasteiger partial charge >= 0.3 is 6.18 Å². The van der Waals surface area contributed by atoms with E-state index < -0.39 is 11.7 Å². The number of nitriles is 1. The summed E-state index contributed by atoms with van der Waals surface area (Å²) in [5.41, 5.74) is -0.594. The second-order valence-corrected chi connectivity index (χ2v) is 3.76. The van der Waals surface area contributed by atoms with E-state index in [4.69, 9.17) is 21.6 Å². The number of benzene rings is 1. The highest BCUT2D eigenvalue weighted by Crippen LogP contribution is 2.36. The monoisotopic (exact) mass is 275 g/mol. The molecule has 96 valence electrons. The first kappa shape index (κ1) is 14.4. The Morgan fingerprint density at radius 3 is 2.61 bits per heavy atom. The Labute approximate surface area is 107 Å². The van der Waals surface area contributed by atoms with Gasteiger partial charge in [-0.05, 0) is 23.8 Å². The molecule has 0 radical (unpaired) electrons. The van der Waals surface area contributed by atoms with Gasteiger partial charge in [-0.3, -0.25) is 0 Å². The first-order valence-electron chi connectivity index (χ1n) is 4.85. The van der Waals surface area contributed by atoms with Crippen LogP contribution in [0.3, 0.4) is 0 Å². The van der Waals surface area contributed by atoms with Gasteiger partial charge in [0.15, 0.2) is 0 Å². The van der Waals surface area contributed by atoms with Crippen LogP contribution < -0.4 is 4.74 Å². The molecule has 0 saturated carbocycles. The van der Waals surface area contributed by atoms with E-state index in [1.165, 1.54) is 6.07 Å². The van der Waals surface area contributed by atoms with Crippen LogP contribution in [0.25, 0.3) is 0 Å². The molecule has 0 aliphatic carbocycles. The van der Waals surface area contributed by atoms with Crippen molar-refractivity contribution in [3.63, 3.8) is 0 Å². The van der Waals surface area contributed by atoms with Crippen LogP contribution in [-0.2, 0) is 6.18 Å². The molecule has 6 heteroatoms. The van der Waals surface area contributed by atoms with E-state index in [2.05, 4.69) is 6.58 Å². The van der Waals surface area contributed by atoms with Gasteiger partial charge in [-0.1, -0.05) is 6.58 Å². The summed E-state index contributed by atoms with van der Waals surface area (Å²) in [5.74, 6) is -0.231. The molecule has 0 spiro atoms. The summed E-state index contributed by atoms with van der Waals surface area (Å²) < 4.78 is 43.2. The van der Waals surface area contributed by atoms with Crippen molar-refractivity contribution in [2.24, 2.45) is 0 Å². The van der Waals surface area contributed by atoms with Crippen molar-refractivity contribution in [3.05, 3.63) is 41.5 Å². The largest absolute Gasteiger partial charge is 0.489 e. The lowest BCUT2D eigenvalue weighted by Gasteiger charge is -2.14. The lowest BCUT2D eigenvalue weighted by atomic mass is 10.1. The van der Waals surface area contributed by atoms with Gasteiger partial charge < -0.3 is 4.74 Å². The topological polar surface area (TPSA) is 33.0 Å². The van der Waals surface area contributed by atoms with Crippen LogP contribution in [0.15, 0.2) is 30.4 Å². The highest BCUT2D eigenvalue weighted by Gasteiger charge is 2.34. The molecule has 0 aliphatic rings. The SMILES string of the molecule is C=C(CCl)COc1ccc(C#N)cc1C(F)(F)F. The fourth-order valence-electron chi connectivity index (χ4n) is 1.17. The molecule has 1 aromatic carbocycles. The Kier molecular flexibility index (Phi) is 4.62. The summed E-state index contributed by atoms with van der Waals surface area (Å²) in [5, 5.41) is 8.59. The number of ether oxygens (including phenoxy) is 1. The highest BCUT2D eigenvalue weighted by atomic mass is 35.5. The van der Waals surface area contributed by atoms with Gasteiger partial charge in [0, 0.05) is 5.88 Å². The van der Waals surface area contributed by atoms with Crippen LogP contribution in [0.4, 0.5) is 13.2 Å². The molecule has 18 heavy (non-hydrogen) atoms. The molecule has 0 heterocycles. The van der Waals surface area contributed by atoms with Gasteiger partial charge in [0.1, 0.15) is 12.4 Å². The van der Waals surface area contributed by atoms with Gasteiger partial charge in [-0.2, -0.15) is 18.4 Å². The molecular weight excluding hydrogens is 267 g/mol. The van der Waals surface area contributed by atoms with Crippen molar-refractivity contribution in [1.29, 1.82) is 5.26 Å². The average Bonchev–Trinajstić information content (AvgIpc) is 2.34. The van der Waals surface area contributed by atoms with Crippen LogP contribution >= 0.6 is 11.6 Å². The Bertz CT molecular complexity index is 491. The third-order valence-corrected chi connectivity index (χ3v) is 2.41. The van der Waals surface area contributed by atoms with E-state index in [9.17, 15) is 13.2 Å². The Hall–Kier alpha value is -1.67. The van der Waals surface area contributed by atoms with Gasteiger partial charge in [0.05, 0.1) is 17.2 Å². The summed E-state index contributed by atoms with van der Waals surface area (Å²) in [7, 11) is 0. The minimum absolute atomic E-state index is 0.0779. The summed E-state index contributed by atoms with van der Waals surface area (Å²) in [4.78, 5) is 0. The second-order valence-electron chi connectivity index (χ2n) is 3.49. The number of nitrogens with zero attached hydrogens (tertiary/aromatic N) is 1. The fraction of sp³-hybridized carbons (Fsp3) is 0.250. The minimum atomic E-state index is -4.58. The van der Waals surface area contributed by atoms with E-state index >= 15 is 0 Å². The van der Waals surface area contributed by atoms with Crippen molar-refractivity contribution in [3.8, 4) is 11.8 Å². The normalized spacial score (nSPS) is 10.8. The molecule has 1 rings (SSSR count). The van der Waals surface area contributed by atoms with E-state index in [0.717, 1.165) is 12.1 Å². The third-order valence-electron chi connectivity index (χ3n) is 2.03. The predicted octanol–water partition coefficient (Wildman–Crippen LogP) is 3.75. The van der Waals surface area contributed by atoms with E-state index in [1.54, 1.807) is 6.07 Å². The van der Waals surface area contributed by atoms with Gasteiger partial charge in [-0.25, -0.2) is 0 Å². The first-order chi connectivity index (χ1) is 8.38. The molecule has 0 atom stereocenters. The quantitative estimate of drug-likeness (QED) is 0.619. The number of halogens is 4. The van der Waals surface area contributed by atoms with Crippen LogP contribution in [0.1, 0.15) is 11.1 Å². The first-order valence-corrected chi connectivity index (χ1v) is 5.38. The predicted molar refractivity (Wildman–Crippen MR) is 61.5 cm³/mol. The van der Waals surface area contributed by atoms with Crippen LogP contribution in [0.5, 0.6) is 5.75 Å². The molecular formula is C12H9ClF3NO. The molecule has 0 unspecified atom stereocenters. The zero-order valence-corrected chi connectivity index (χ0v) is 9.98. The Morgan fingerprint density at radius 2 is 2.11 bits per heavy atom. The fourth-order valence-corrected chi connectivity index (χ4v) is 1.24. The summed E-state index contributed by atoms with van der Waals surface area (Å²) in [6, 6.07) is 4.77. The zero-order chi connectivity index (χ0) is 13.8. The van der Waals surface area contributed by atoms with Crippen molar-refractivity contribution in [2.45, 2.75) is 6.18 Å². The summed E-state index contributed by atoms with van der Waals surface area (Å²) in [6.45, 7) is 3.42. The third kappa shape index (κ3) is 3.67. The maximum atomic E-state index is 12.7. The van der Waals surface area contributed by atoms with E-state index in [-0.39, 0.29) is 23.8 Å². The van der Waals surface area contributed by atoms with Gasteiger partial charge in [-0.15, -0.1) is 11.6 Å². The second kappa shape index (κ2) is 5.78. The summed E-state index contributed by atoms with van der Waals surface area (Å²) >= 11 is 5.45. The molecule has 0 saturated heterocycles. The highest BCUT2D eigenvalue weighted by molar-refractivity contribution is 6.19. The molecule has 2 nitrogen and oxygen atoms in total. The lowest BCUT2D eigenvalue weighted by molar-refractivity contribution is -0.138. The van der Waals surface area contributed by atoms with E-state index in [1.807, 2.05) is 0 Å². The van der Waals surface area contributed by atoms with Crippen molar-refractivity contribution in [1.82, 2.24) is 0 Å². The lowest BCUT2D eigenvalue weighted by Crippen LogP contribution is -2.10. The average molecular weight is 276 g/mol. The maximum absolute atomic E-state index is 12.7. The standard InChI is InChI=1S/C12H9ClF3NO/c1-8(5-13)7-18-11-3-2-9(6-17)4-10(11)12(14,15)16/h2-4H,1,5,7H2. The molecule has 0 N–H and O–H groups in total. The van der Waals surface area contributed by atoms with Gasteiger partial charge in [0.2, 0.25) is 0 Å². The summed E-state index contributed by atoms with van der Waals surface area (Å²) in [6.07, 6.45) is -4.58. The minimum Gasteiger partial charge on any atom is -0.489 e. The maximum Gasteiger partial charge on any atom is 0.420 e. The van der Waals surface area contributed by atoms with Crippen LogP contribution in [0, 0.1) is 11.3 Å². The smallest absolute Gasteiger partial charge is 0.420 e. The van der Waals surface area contributed by atoms with Crippen molar-refractivity contribution in [2.75, 3.05) is 12.5 Å². The number of rotatable bonds is 4. The molecule has 1 aromatic rings.